The molecule has 2 rings (SSSR count). The number of nitrogens with zero attached hydrogens (tertiary/aromatic N) is 1. The smallest absolute Gasteiger partial charge is 0.226 e. The van der Waals surface area contributed by atoms with E-state index in [0.717, 1.165) is 38.9 Å². The molecule has 16 heavy (non-hydrogen) atoms. The van der Waals surface area contributed by atoms with Gasteiger partial charge in [-0.2, -0.15) is 0 Å². The van der Waals surface area contributed by atoms with Gasteiger partial charge >= 0.3 is 0 Å². The fourth-order valence-corrected chi connectivity index (χ4v) is 3.05. The van der Waals surface area contributed by atoms with E-state index in [4.69, 9.17) is 0 Å². The third kappa shape index (κ3) is 2.57. The Bertz CT molecular complexity index is 234. The van der Waals surface area contributed by atoms with Crippen LogP contribution in [0.3, 0.4) is 0 Å². The lowest BCUT2D eigenvalue weighted by molar-refractivity contribution is -0.138. The number of amides is 1. The number of piperazine rings is 1. The molecule has 1 saturated carbocycles. The van der Waals surface area contributed by atoms with Crippen molar-refractivity contribution >= 4 is 5.91 Å². The summed E-state index contributed by atoms with van der Waals surface area (Å²) < 4.78 is 0. The molecule has 0 aromatic heterocycles. The lowest BCUT2D eigenvalue weighted by Crippen LogP contribution is -2.54. The van der Waals surface area contributed by atoms with Gasteiger partial charge in [0.15, 0.2) is 0 Å². The molecule has 0 aromatic carbocycles. The fourth-order valence-electron chi connectivity index (χ4n) is 3.05. The molecular formula is C13H24N2O. The van der Waals surface area contributed by atoms with E-state index in [1.165, 1.54) is 19.3 Å². The van der Waals surface area contributed by atoms with Crippen LogP contribution in [0.1, 0.15) is 45.4 Å². The minimum Gasteiger partial charge on any atom is -0.337 e. The molecule has 1 unspecified atom stereocenters. The highest BCUT2D eigenvalue weighted by Crippen LogP contribution is 2.27. The largest absolute Gasteiger partial charge is 0.337 e. The Hall–Kier alpha value is -0.570. The predicted octanol–water partition coefficient (Wildman–Crippen LogP) is 1.78. The van der Waals surface area contributed by atoms with Crippen molar-refractivity contribution in [3.05, 3.63) is 0 Å². The zero-order valence-corrected chi connectivity index (χ0v) is 10.4. The monoisotopic (exact) mass is 224 g/mol. The molecule has 1 atom stereocenters. The van der Waals surface area contributed by atoms with Crippen molar-refractivity contribution in [3.8, 4) is 0 Å². The fraction of sp³-hybridized carbons (Fsp3) is 0.923. The summed E-state index contributed by atoms with van der Waals surface area (Å²) in [5.41, 5.74) is 0. The summed E-state index contributed by atoms with van der Waals surface area (Å²) in [6.07, 6.45) is 7.07. The molecular weight excluding hydrogens is 200 g/mol. The lowest BCUT2D eigenvalue weighted by Gasteiger charge is -2.37. The number of rotatable bonds is 3. The van der Waals surface area contributed by atoms with Crippen LogP contribution in [-0.4, -0.2) is 36.5 Å². The Morgan fingerprint density at radius 3 is 2.81 bits per heavy atom. The van der Waals surface area contributed by atoms with Gasteiger partial charge in [0.25, 0.3) is 0 Å². The summed E-state index contributed by atoms with van der Waals surface area (Å²) in [4.78, 5) is 14.5. The van der Waals surface area contributed by atoms with Crippen molar-refractivity contribution in [1.29, 1.82) is 0 Å². The minimum absolute atomic E-state index is 0.345. The Labute approximate surface area is 98.6 Å². The van der Waals surface area contributed by atoms with Crippen LogP contribution < -0.4 is 5.32 Å². The van der Waals surface area contributed by atoms with Gasteiger partial charge in [-0.25, -0.2) is 0 Å². The lowest BCUT2D eigenvalue weighted by atomic mass is 10.0. The van der Waals surface area contributed by atoms with Gasteiger partial charge in [0.1, 0.15) is 0 Å². The van der Waals surface area contributed by atoms with Crippen LogP contribution in [0, 0.1) is 5.92 Å². The average Bonchev–Trinajstić information content (AvgIpc) is 2.83. The van der Waals surface area contributed by atoms with Crippen molar-refractivity contribution < 1.29 is 4.79 Å². The first kappa shape index (κ1) is 11.9. The van der Waals surface area contributed by atoms with E-state index in [-0.39, 0.29) is 0 Å². The molecule has 1 aliphatic carbocycles. The van der Waals surface area contributed by atoms with Crippen molar-refractivity contribution in [2.24, 2.45) is 5.92 Å². The third-order valence-electron chi connectivity index (χ3n) is 3.96. The molecule has 0 radical (unpaired) electrons. The highest BCUT2D eigenvalue weighted by atomic mass is 16.2. The van der Waals surface area contributed by atoms with Gasteiger partial charge in [0, 0.05) is 31.6 Å². The van der Waals surface area contributed by atoms with E-state index in [2.05, 4.69) is 17.1 Å². The number of hydrogen-bond acceptors (Lipinski definition) is 2. The van der Waals surface area contributed by atoms with Gasteiger partial charge < -0.3 is 10.2 Å². The molecule has 1 amide bonds. The van der Waals surface area contributed by atoms with Crippen molar-refractivity contribution in [3.63, 3.8) is 0 Å². The second-order valence-corrected chi connectivity index (χ2v) is 5.16. The number of carbonyl (C=O) groups excluding carboxylic acids is 1. The Kier molecular flexibility index (Phi) is 4.22. The van der Waals surface area contributed by atoms with Crippen molar-refractivity contribution in [2.45, 2.75) is 51.5 Å². The molecule has 1 N–H and O–H groups in total. The summed E-state index contributed by atoms with van der Waals surface area (Å²) >= 11 is 0. The zero-order chi connectivity index (χ0) is 11.4. The van der Waals surface area contributed by atoms with Gasteiger partial charge in [0.05, 0.1) is 0 Å². The summed E-state index contributed by atoms with van der Waals surface area (Å²) in [7, 11) is 0. The minimum atomic E-state index is 0.345. The second kappa shape index (κ2) is 5.67. The molecule has 2 fully saturated rings. The SMILES string of the molecule is CCCC1CNCCN1C(=O)C1CCCC1. The van der Waals surface area contributed by atoms with Crippen LogP contribution in [0.2, 0.25) is 0 Å². The molecule has 1 saturated heterocycles. The van der Waals surface area contributed by atoms with Crippen LogP contribution >= 0.6 is 0 Å². The van der Waals surface area contributed by atoms with Gasteiger partial charge in [-0.05, 0) is 19.3 Å². The molecule has 0 aromatic rings. The highest BCUT2D eigenvalue weighted by molar-refractivity contribution is 5.79. The molecule has 92 valence electrons. The predicted molar refractivity (Wildman–Crippen MR) is 65.2 cm³/mol. The molecule has 0 spiro atoms. The first-order chi connectivity index (χ1) is 7.83. The number of nitrogens with one attached hydrogen (secondary N) is 1. The van der Waals surface area contributed by atoms with E-state index >= 15 is 0 Å². The van der Waals surface area contributed by atoms with E-state index in [9.17, 15) is 4.79 Å². The molecule has 3 nitrogen and oxygen atoms in total. The van der Waals surface area contributed by atoms with E-state index < -0.39 is 0 Å². The van der Waals surface area contributed by atoms with Crippen LogP contribution in [0.25, 0.3) is 0 Å². The molecule has 3 heteroatoms. The van der Waals surface area contributed by atoms with Gasteiger partial charge in [0.2, 0.25) is 5.91 Å². The van der Waals surface area contributed by atoms with Gasteiger partial charge in [-0.1, -0.05) is 26.2 Å². The van der Waals surface area contributed by atoms with Gasteiger partial charge in [-0.3, -0.25) is 4.79 Å². The third-order valence-corrected chi connectivity index (χ3v) is 3.96. The molecule has 1 aliphatic heterocycles. The van der Waals surface area contributed by atoms with E-state index in [0.29, 0.717) is 17.9 Å². The standard InChI is InChI=1S/C13H24N2O/c1-2-5-12-10-14-8-9-15(12)13(16)11-6-3-4-7-11/h11-12,14H,2-10H2,1H3. The summed E-state index contributed by atoms with van der Waals surface area (Å²) in [5.74, 6) is 0.787. The van der Waals surface area contributed by atoms with E-state index in [1.54, 1.807) is 0 Å². The van der Waals surface area contributed by atoms with E-state index in [1.807, 2.05) is 0 Å². The maximum atomic E-state index is 12.4. The maximum absolute atomic E-state index is 12.4. The Balaban J connectivity index is 1.95. The number of carbonyl (C=O) groups is 1. The first-order valence-corrected chi connectivity index (χ1v) is 6.84. The van der Waals surface area contributed by atoms with Crippen molar-refractivity contribution in [1.82, 2.24) is 10.2 Å². The normalized spacial score (nSPS) is 27.3. The molecule has 0 bridgehead atoms. The Morgan fingerprint density at radius 1 is 1.38 bits per heavy atom. The molecule has 2 aliphatic rings. The second-order valence-electron chi connectivity index (χ2n) is 5.16. The quantitative estimate of drug-likeness (QED) is 0.792. The zero-order valence-electron chi connectivity index (χ0n) is 10.4. The highest BCUT2D eigenvalue weighted by Gasteiger charge is 2.32. The van der Waals surface area contributed by atoms with Crippen LogP contribution in [0.5, 0.6) is 0 Å². The van der Waals surface area contributed by atoms with Crippen LogP contribution in [-0.2, 0) is 4.79 Å². The van der Waals surface area contributed by atoms with Gasteiger partial charge in [-0.15, -0.1) is 0 Å². The molecule has 1 heterocycles. The maximum Gasteiger partial charge on any atom is 0.226 e. The first-order valence-electron chi connectivity index (χ1n) is 6.84. The Morgan fingerprint density at radius 2 is 2.12 bits per heavy atom. The average molecular weight is 224 g/mol. The number of hydrogen-bond donors (Lipinski definition) is 1. The topological polar surface area (TPSA) is 32.3 Å². The summed E-state index contributed by atoms with van der Waals surface area (Å²) in [5, 5.41) is 3.40. The van der Waals surface area contributed by atoms with Crippen LogP contribution in [0.15, 0.2) is 0 Å². The summed E-state index contributed by atoms with van der Waals surface area (Å²) in [6.45, 7) is 5.08. The summed E-state index contributed by atoms with van der Waals surface area (Å²) in [6, 6.07) is 0.451. The van der Waals surface area contributed by atoms with Crippen LogP contribution in [0.4, 0.5) is 0 Å². The van der Waals surface area contributed by atoms with Crippen molar-refractivity contribution in [2.75, 3.05) is 19.6 Å².